The van der Waals surface area contributed by atoms with Crippen molar-refractivity contribution < 1.29 is 14.3 Å². The lowest BCUT2D eigenvalue weighted by molar-refractivity contribution is -0.129. The number of para-hydroxylation sites is 1. The van der Waals surface area contributed by atoms with Gasteiger partial charge >= 0.3 is 0 Å². The lowest BCUT2D eigenvalue weighted by Gasteiger charge is -2.25. The Morgan fingerprint density at radius 2 is 1.90 bits per heavy atom. The van der Waals surface area contributed by atoms with Gasteiger partial charge < -0.3 is 10.1 Å². The summed E-state index contributed by atoms with van der Waals surface area (Å²) in [5, 5.41) is 3.01. The number of ether oxygens (including phenoxy) is 1. The highest BCUT2D eigenvalue weighted by atomic mass is 32.2. The fraction of sp³-hybridized carbons (Fsp3) is 0.348. The summed E-state index contributed by atoms with van der Waals surface area (Å²) < 4.78 is 5.28. The molecule has 6 nitrogen and oxygen atoms in total. The van der Waals surface area contributed by atoms with Crippen molar-refractivity contribution in [2.24, 2.45) is 4.99 Å². The van der Waals surface area contributed by atoms with E-state index in [-0.39, 0.29) is 24.3 Å². The molecule has 0 saturated carbocycles. The van der Waals surface area contributed by atoms with Crippen molar-refractivity contribution >= 4 is 40.1 Å². The average molecular weight is 426 g/mol. The first-order chi connectivity index (χ1) is 14.5. The van der Waals surface area contributed by atoms with Crippen LogP contribution in [0, 0.1) is 0 Å². The van der Waals surface area contributed by atoms with Crippen molar-refractivity contribution in [3.63, 3.8) is 0 Å². The summed E-state index contributed by atoms with van der Waals surface area (Å²) in [7, 11) is 1.61. The number of amides is 2. The zero-order chi connectivity index (χ0) is 21.5. The van der Waals surface area contributed by atoms with Gasteiger partial charge in [-0.05, 0) is 37.1 Å². The standard InChI is InChI=1S/C23H27N3O3S/c1-4-18(5-2)26-22(28)20(15-21(27)24-16-10-7-6-8-11-16)30-23(26)25-17-12-9-13-19(14-17)29-3/h6-14,18,20H,4-5,15H2,1-3H3,(H,24,27)/t20-/m1/s1. The van der Waals surface area contributed by atoms with E-state index in [4.69, 9.17) is 9.73 Å². The van der Waals surface area contributed by atoms with Gasteiger partial charge in [0.25, 0.3) is 0 Å². The molecule has 1 fully saturated rings. The first kappa shape index (κ1) is 21.9. The number of thioether (sulfide) groups is 1. The zero-order valence-corrected chi connectivity index (χ0v) is 18.3. The lowest BCUT2D eigenvalue weighted by atomic mass is 10.1. The maximum atomic E-state index is 13.2. The second-order valence-electron chi connectivity index (χ2n) is 7.00. The number of rotatable bonds is 8. The van der Waals surface area contributed by atoms with Crippen LogP contribution in [0.1, 0.15) is 33.1 Å². The van der Waals surface area contributed by atoms with Gasteiger partial charge in [0.05, 0.1) is 12.8 Å². The molecule has 2 aromatic carbocycles. The topological polar surface area (TPSA) is 71.0 Å². The quantitative estimate of drug-likeness (QED) is 0.657. The van der Waals surface area contributed by atoms with Crippen LogP contribution in [0.3, 0.4) is 0 Å². The number of hydrogen-bond donors (Lipinski definition) is 1. The molecule has 3 rings (SSSR count). The predicted octanol–water partition coefficient (Wildman–Crippen LogP) is 4.84. The first-order valence-electron chi connectivity index (χ1n) is 10.1. The molecule has 2 amide bonds. The Bertz CT molecular complexity index is 913. The molecular formula is C23H27N3O3S. The molecule has 1 saturated heterocycles. The maximum absolute atomic E-state index is 13.2. The molecule has 0 radical (unpaired) electrons. The summed E-state index contributed by atoms with van der Waals surface area (Å²) in [5.41, 5.74) is 1.44. The molecule has 30 heavy (non-hydrogen) atoms. The second-order valence-corrected chi connectivity index (χ2v) is 8.17. The minimum Gasteiger partial charge on any atom is -0.497 e. The van der Waals surface area contributed by atoms with Crippen LogP contribution in [0.2, 0.25) is 0 Å². The van der Waals surface area contributed by atoms with E-state index in [9.17, 15) is 9.59 Å². The van der Waals surface area contributed by atoms with Crippen molar-refractivity contribution in [3.05, 3.63) is 54.6 Å². The molecule has 1 aliphatic heterocycles. The van der Waals surface area contributed by atoms with E-state index in [0.717, 1.165) is 24.2 Å². The van der Waals surface area contributed by atoms with E-state index in [2.05, 4.69) is 19.2 Å². The van der Waals surface area contributed by atoms with E-state index >= 15 is 0 Å². The van der Waals surface area contributed by atoms with Gasteiger partial charge in [0.1, 0.15) is 11.0 Å². The van der Waals surface area contributed by atoms with Crippen LogP contribution in [0.25, 0.3) is 0 Å². The molecule has 0 aliphatic carbocycles. The first-order valence-corrected chi connectivity index (χ1v) is 11.0. The molecule has 0 aromatic heterocycles. The monoisotopic (exact) mass is 425 g/mol. The third kappa shape index (κ3) is 5.21. The highest BCUT2D eigenvalue weighted by Gasteiger charge is 2.41. The van der Waals surface area contributed by atoms with Gasteiger partial charge in [-0.3, -0.25) is 14.5 Å². The summed E-state index contributed by atoms with van der Waals surface area (Å²) in [6.07, 6.45) is 1.75. The minimum absolute atomic E-state index is 0.0524. The molecule has 7 heteroatoms. The van der Waals surface area contributed by atoms with Crippen molar-refractivity contribution in [1.29, 1.82) is 0 Å². The van der Waals surface area contributed by atoms with Gasteiger partial charge in [0.15, 0.2) is 5.17 Å². The van der Waals surface area contributed by atoms with Crippen molar-refractivity contribution in [2.45, 2.75) is 44.4 Å². The fourth-order valence-corrected chi connectivity index (χ4v) is 4.59. The summed E-state index contributed by atoms with van der Waals surface area (Å²) in [4.78, 5) is 32.2. The number of nitrogens with one attached hydrogen (secondary N) is 1. The molecule has 0 bridgehead atoms. The number of anilines is 1. The van der Waals surface area contributed by atoms with Crippen LogP contribution in [0.4, 0.5) is 11.4 Å². The number of hydrogen-bond acceptors (Lipinski definition) is 5. The van der Waals surface area contributed by atoms with Crippen LogP contribution in [-0.2, 0) is 9.59 Å². The van der Waals surface area contributed by atoms with Crippen LogP contribution >= 0.6 is 11.8 Å². The third-order valence-corrected chi connectivity index (χ3v) is 6.13. The molecule has 0 unspecified atom stereocenters. The Morgan fingerprint density at radius 3 is 2.57 bits per heavy atom. The smallest absolute Gasteiger partial charge is 0.242 e. The minimum atomic E-state index is -0.487. The molecule has 2 aromatic rings. The van der Waals surface area contributed by atoms with E-state index in [1.807, 2.05) is 54.6 Å². The third-order valence-electron chi connectivity index (χ3n) is 4.98. The second kappa shape index (κ2) is 10.3. The number of carbonyl (C=O) groups is 2. The molecule has 0 spiro atoms. The van der Waals surface area contributed by atoms with Gasteiger partial charge in [-0.2, -0.15) is 0 Å². The van der Waals surface area contributed by atoms with E-state index in [1.165, 1.54) is 11.8 Å². The number of methoxy groups -OCH3 is 1. The predicted molar refractivity (Wildman–Crippen MR) is 122 cm³/mol. The summed E-state index contributed by atoms with van der Waals surface area (Å²) in [6, 6.07) is 16.7. The number of benzene rings is 2. The molecule has 1 atom stereocenters. The van der Waals surface area contributed by atoms with Crippen molar-refractivity contribution in [2.75, 3.05) is 12.4 Å². The Morgan fingerprint density at radius 1 is 1.17 bits per heavy atom. The highest BCUT2D eigenvalue weighted by molar-refractivity contribution is 8.15. The molecule has 1 N–H and O–H groups in total. The van der Waals surface area contributed by atoms with Crippen LogP contribution < -0.4 is 10.1 Å². The fourth-order valence-electron chi connectivity index (χ4n) is 3.38. The SMILES string of the molecule is CCC(CC)N1C(=O)[C@@H](CC(=O)Nc2ccccc2)SC1=Nc1cccc(OC)c1. The van der Waals surface area contributed by atoms with Crippen molar-refractivity contribution in [1.82, 2.24) is 4.90 Å². The summed E-state index contributed by atoms with van der Waals surface area (Å²) in [6.45, 7) is 4.12. The Hall–Kier alpha value is -2.80. The van der Waals surface area contributed by atoms with E-state index in [1.54, 1.807) is 12.0 Å². The van der Waals surface area contributed by atoms with Crippen molar-refractivity contribution in [3.8, 4) is 5.75 Å². The van der Waals surface area contributed by atoms with Gasteiger partial charge in [0, 0.05) is 24.2 Å². The van der Waals surface area contributed by atoms with Crippen LogP contribution in [0.5, 0.6) is 5.75 Å². The molecular weight excluding hydrogens is 398 g/mol. The normalized spacial score (nSPS) is 17.6. The van der Waals surface area contributed by atoms with Crippen LogP contribution in [-0.4, -0.2) is 40.3 Å². The summed E-state index contributed by atoms with van der Waals surface area (Å²) in [5.74, 6) is 0.469. The van der Waals surface area contributed by atoms with Gasteiger partial charge in [0.2, 0.25) is 11.8 Å². The lowest BCUT2D eigenvalue weighted by Crippen LogP contribution is -2.41. The number of amidine groups is 1. The van der Waals surface area contributed by atoms with E-state index in [0.29, 0.717) is 10.9 Å². The van der Waals surface area contributed by atoms with Gasteiger partial charge in [-0.25, -0.2) is 4.99 Å². The number of aliphatic imine (C=N–C) groups is 1. The Kier molecular flexibility index (Phi) is 7.52. The zero-order valence-electron chi connectivity index (χ0n) is 17.5. The molecule has 1 aliphatic rings. The van der Waals surface area contributed by atoms with E-state index < -0.39 is 5.25 Å². The summed E-state index contributed by atoms with van der Waals surface area (Å²) >= 11 is 1.36. The Labute approximate surface area is 181 Å². The largest absolute Gasteiger partial charge is 0.497 e. The Balaban J connectivity index is 1.81. The molecule has 1 heterocycles. The van der Waals surface area contributed by atoms with Gasteiger partial charge in [-0.15, -0.1) is 0 Å². The molecule has 158 valence electrons. The average Bonchev–Trinajstić information content (AvgIpc) is 3.05. The maximum Gasteiger partial charge on any atom is 0.242 e. The van der Waals surface area contributed by atoms with Crippen LogP contribution in [0.15, 0.2) is 59.6 Å². The number of carbonyl (C=O) groups excluding carboxylic acids is 2. The number of nitrogens with zero attached hydrogens (tertiary/aromatic N) is 2. The highest BCUT2D eigenvalue weighted by Crippen LogP contribution is 2.35. The van der Waals surface area contributed by atoms with Gasteiger partial charge in [-0.1, -0.05) is 49.9 Å².